The Morgan fingerprint density at radius 1 is 0.778 bits per heavy atom. The van der Waals surface area contributed by atoms with Crippen molar-refractivity contribution in [2.45, 2.75) is 4.90 Å². The second kappa shape index (κ2) is 6.74. The lowest BCUT2D eigenvalue weighted by atomic mass is 10.1. The molecule has 0 unspecified atom stereocenters. The Bertz CT molecular complexity index is 1280. The molecule has 0 aliphatic rings. The van der Waals surface area contributed by atoms with Gasteiger partial charge in [-0.2, -0.15) is 0 Å². The maximum absolute atomic E-state index is 13.0. The minimum Gasteiger partial charge on any atom is -0.423 e. The molecule has 0 aliphatic heterocycles. The molecule has 1 N–H and O–H groups in total. The number of anilines is 1. The molecule has 27 heavy (non-hydrogen) atoms. The Balaban J connectivity index is 1.75. The fourth-order valence-electron chi connectivity index (χ4n) is 2.90. The fraction of sp³-hybridized carbons (Fsp3) is 0. The van der Waals surface area contributed by atoms with Crippen LogP contribution in [0.15, 0.2) is 99.0 Å². The van der Waals surface area contributed by atoms with Crippen LogP contribution in [-0.4, -0.2) is 8.42 Å². The highest BCUT2D eigenvalue weighted by atomic mass is 32.2. The molecule has 3 aromatic carbocycles. The molecule has 0 aliphatic carbocycles. The summed E-state index contributed by atoms with van der Waals surface area (Å²) < 4.78 is 33.7. The van der Waals surface area contributed by atoms with E-state index < -0.39 is 15.6 Å². The van der Waals surface area contributed by atoms with Crippen molar-refractivity contribution in [3.63, 3.8) is 0 Å². The van der Waals surface area contributed by atoms with Gasteiger partial charge >= 0.3 is 5.63 Å². The third-order valence-electron chi connectivity index (χ3n) is 4.13. The predicted octanol–water partition coefficient (Wildman–Crippen LogP) is 4.26. The predicted molar refractivity (Wildman–Crippen MR) is 105 cm³/mol. The topological polar surface area (TPSA) is 76.4 Å². The Morgan fingerprint density at radius 3 is 2.33 bits per heavy atom. The molecule has 0 bridgehead atoms. The Morgan fingerprint density at radius 2 is 1.52 bits per heavy atom. The highest BCUT2D eigenvalue weighted by molar-refractivity contribution is 7.92. The number of sulfonamides is 1. The Labute approximate surface area is 156 Å². The van der Waals surface area contributed by atoms with Gasteiger partial charge in [-0.1, -0.05) is 48.5 Å². The van der Waals surface area contributed by atoms with E-state index in [0.29, 0.717) is 22.2 Å². The third-order valence-corrected chi connectivity index (χ3v) is 5.57. The van der Waals surface area contributed by atoms with Crippen molar-refractivity contribution in [3.8, 4) is 11.1 Å². The lowest BCUT2D eigenvalue weighted by Gasteiger charge is -2.13. The highest BCUT2D eigenvalue weighted by Gasteiger charge is 2.19. The van der Waals surface area contributed by atoms with Gasteiger partial charge in [-0.25, -0.2) is 13.2 Å². The van der Waals surface area contributed by atoms with E-state index in [9.17, 15) is 13.2 Å². The van der Waals surface area contributed by atoms with Crippen molar-refractivity contribution >= 4 is 26.7 Å². The van der Waals surface area contributed by atoms with Crippen LogP contribution in [0.3, 0.4) is 0 Å². The maximum atomic E-state index is 13.0. The van der Waals surface area contributed by atoms with Crippen LogP contribution in [0.1, 0.15) is 0 Å². The highest BCUT2D eigenvalue weighted by Crippen LogP contribution is 2.29. The number of fused-ring (bicyclic) bond motifs is 1. The summed E-state index contributed by atoms with van der Waals surface area (Å²) in [6, 6.07) is 23.8. The zero-order chi connectivity index (χ0) is 18.9. The molecule has 0 saturated heterocycles. The molecule has 134 valence electrons. The van der Waals surface area contributed by atoms with Gasteiger partial charge in [-0.15, -0.1) is 0 Å². The molecule has 0 amide bonds. The number of benzene rings is 3. The van der Waals surface area contributed by atoms with Gasteiger partial charge in [0.2, 0.25) is 0 Å². The first-order chi connectivity index (χ1) is 13.0. The van der Waals surface area contributed by atoms with Gasteiger partial charge < -0.3 is 4.42 Å². The second-order valence-corrected chi connectivity index (χ2v) is 7.63. The summed E-state index contributed by atoms with van der Waals surface area (Å²) in [5.74, 6) is 0. The van der Waals surface area contributed by atoms with Gasteiger partial charge in [-0.05, 0) is 35.9 Å². The number of hydrogen-bond donors (Lipinski definition) is 1. The lowest BCUT2D eigenvalue weighted by molar-refractivity contribution is 0.561. The van der Waals surface area contributed by atoms with E-state index in [1.54, 1.807) is 48.5 Å². The second-order valence-electron chi connectivity index (χ2n) is 5.97. The van der Waals surface area contributed by atoms with Crippen molar-refractivity contribution in [1.82, 2.24) is 0 Å². The smallest absolute Gasteiger partial charge is 0.336 e. The van der Waals surface area contributed by atoms with Crippen LogP contribution < -0.4 is 10.3 Å². The number of rotatable bonds is 4. The normalized spacial score (nSPS) is 11.4. The summed E-state index contributed by atoms with van der Waals surface area (Å²) in [7, 11) is -3.81. The van der Waals surface area contributed by atoms with Crippen LogP contribution in [-0.2, 0) is 10.0 Å². The summed E-state index contributed by atoms with van der Waals surface area (Å²) in [6.45, 7) is 0. The summed E-state index contributed by atoms with van der Waals surface area (Å²) in [5.41, 5.74) is 1.78. The molecule has 0 fully saturated rings. The molecular formula is C21H15NO4S. The number of hydrogen-bond acceptors (Lipinski definition) is 4. The molecule has 6 heteroatoms. The Hall–Kier alpha value is -3.38. The first-order valence-electron chi connectivity index (χ1n) is 8.24. The van der Waals surface area contributed by atoms with Gasteiger partial charge in [0.1, 0.15) is 5.58 Å². The standard InChI is InChI=1S/C21H15NO4S/c23-21-13-10-16-14-17(11-12-19(16)26-21)22-27(24,25)20-9-5-4-8-18(20)15-6-2-1-3-7-15/h1-14,22H. The van der Waals surface area contributed by atoms with E-state index in [1.807, 2.05) is 30.3 Å². The molecule has 5 nitrogen and oxygen atoms in total. The minimum absolute atomic E-state index is 0.191. The molecule has 0 saturated carbocycles. The van der Waals surface area contributed by atoms with E-state index >= 15 is 0 Å². The van der Waals surface area contributed by atoms with Crippen molar-refractivity contribution in [2.24, 2.45) is 0 Å². The zero-order valence-corrected chi connectivity index (χ0v) is 14.9. The van der Waals surface area contributed by atoms with Crippen molar-refractivity contribution in [1.29, 1.82) is 0 Å². The average molecular weight is 377 g/mol. The van der Waals surface area contributed by atoms with Crippen LogP contribution in [0.5, 0.6) is 0 Å². The lowest BCUT2D eigenvalue weighted by Crippen LogP contribution is -2.14. The number of nitrogens with one attached hydrogen (secondary N) is 1. The summed E-state index contributed by atoms with van der Waals surface area (Å²) in [6.07, 6.45) is 0. The monoisotopic (exact) mass is 377 g/mol. The van der Waals surface area contributed by atoms with Gasteiger partial charge in [0.15, 0.2) is 0 Å². The maximum Gasteiger partial charge on any atom is 0.336 e. The van der Waals surface area contributed by atoms with E-state index in [1.165, 1.54) is 6.07 Å². The first-order valence-corrected chi connectivity index (χ1v) is 9.72. The summed E-state index contributed by atoms with van der Waals surface area (Å²) in [4.78, 5) is 11.5. The largest absolute Gasteiger partial charge is 0.423 e. The van der Waals surface area contributed by atoms with E-state index in [-0.39, 0.29) is 4.90 Å². The molecule has 4 aromatic rings. The van der Waals surface area contributed by atoms with Crippen LogP contribution in [0.25, 0.3) is 22.1 Å². The third kappa shape index (κ3) is 3.47. The van der Waals surface area contributed by atoms with Gasteiger partial charge in [-0.3, -0.25) is 4.72 Å². The van der Waals surface area contributed by atoms with Gasteiger partial charge in [0, 0.05) is 22.7 Å². The summed E-state index contributed by atoms with van der Waals surface area (Å²) in [5, 5.41) is 0.631. The SMILES string of the molecule is O=c1ccc2cc(NS(=O)(=O)c3ccccc3-c3ccccc3)ccc2o1. The first kappa shape index (κ1) is 17.1. The average Bonchev–Trinajstić information content (AvgIpc) is 2.68. The molecule has 0 atom stereocenters. The molecule has 4 rings (SSSR count). The van der Waals surface area contributed by atoms with Crippen LogP contribution in [0.4, 0.5) is 5.69 Å². The van der Waals surface area contributed by atoms with E-state index in [0.717, 1.165) is 5.56 Å². The molecule has 0 spiro atoms. The van der Waals surface area contributed by atoms with Crippen LogP contribution >= 0.6 is 0 Å². The minimum atomic E-state index is -3.81. The van der Waals surface area contributed by atoms with Gasteiger partial charge in [0.05, 0.1) is 4.90 Å². The van der Waals surface area contributed by atoms with Crippen molar-refractivity contribution < 1.29 is 12.8 Å². The van der Waals surface area contributed by atoms with Crippen molar-refractivity contribution in [2.75, 3.05) is 4.72 Å². The molecular weight excluding hydrogens is 362 g/mol. The van der Waals surface area contributed by atoms with Crippen LogP contribution in [0, 0.1) is 0 Å². The zero-order valence-electron chi connectivity index (χ0n) is 14.1. The van der Waals surface area contributed by atoms with Gasteiger partial charge in [0.25, 0.3) is 10.0 Å². The molecule has 0 radical (unpaired) electrons. The molecule has 1 heterocycles. The summed E-state index contributed by atoms with van der Waals surface area (Å²) >= 11 is 0. The fourth-order valence-corrected chi connectivity index (χ4v) is 4.18. The molecule has 1 aromatic heterocycles. The van der Waals surface area contributed by atoms with Crippen molar-refractivity contribution in [3.05, 3.63) is 95.3 Å². The quantitative estimate of drug-likeness (QED) is 0.539. The van der Waals surface area contributed by atoms with E-state index in [2.05, 4.69) is 4.72 Å². The van der Waals surface area contributed by atoms with Crippen LogP contribution in [0.2, 0.25) is 0 Å². The van der Waals surface area contributed by atoms with E-state index in [4.69, 9.17) is 4.42 Å². The Kier molecular flexibility index (Phi) is 4.25.